The molecule has 2 aromatic heterocycles. The molecule has 0 saturated heterocycles. The van der Waals surface area contributed by atoms with Crippen molar-refractivity contribution in [2.24, 2.45) is 5.73 Å². The van der Waals surface area contributed by atoms with E-state index in [-0.39, 0.29) is 0 Å². The smallest absolute Gasteiger partial charge is 0.194 e. The van der Waals surface area contributed by atoms with Crippen molar-refractivity contribution in [2.45, 2.75) is 6.42 Å². The average molecular weight is 312 g/mol. The first-order valence-corrected chi connectivity index (χ1v) is 7.43. The van der Waals surface area contributed by atoms with Gasteiger partial charge in [-0.15, -0.1) is 11.3 Å². The molecule has 0 amide bonds. The van der Waals surface area contributed by atoms with Crippen LogP contribution in [-0.4, -0.2) is 15.9 Å². The van der Waals surface area contributed by atoms with E-state index in [1.165, 1.54) is 0 Å². The third kappa shape index (κ3) is 2.37. The molecular weight excluding hydrogens is 301 g/mol. The second-order valence-electron chi connectivity index (χ2n) is 4.17. The molecule has 2 heterocycles. The van der Waals surface area contributed by atoms with Crippen LogP contribution in [0.15, 0.2) is 29.8 Å². The van der Waals surface area contributed by atoms with Crippen molar-refractivity contribution in [2.75, 3.05) is 6.54 Å². The van der Waals surface area contributed by atoms with E-state index in [2.05, 4.69) is 4.98 Å². The maximum Gasteiger partial charge on any atom is 0.194 e. The second kappa shape index (κ2) is 5.13. The number of hydrogen-bond acceptors (Lipinski definition) is 3. The number of halogens is 2. The Hall–Kier alpha value is -1.07. The van der Waals surface area contributed by atoms with Gasteiger partial charge in [0.2, 0.25) is 0 Å². The number of nitrogens with zero attached hydrogens (tertiary/aromatic N) is 2. The maximum absolute atomic E-state index is 6.26. The van der Waals surface area contributed by atoms with Crippen LogP contribution in [-0.2, 0) is 6.42 Å². The molecule has 0 fully saturated rings. The van der Waals surface area contributed by atoms with E-state index in [1.54, 1.807) is 17.4 Å². The Labute approximate surface area is 124 Å². The molecule has 98 valence electrons. The Balaban J connectivity index is 2.13. The highest BCUT2D eigenvalue weighted by Crippen LogP contribution is 2.33. The largest absolute Gasteiger partial charge is 0.330 e. The van der Waals surface area contributed by atoms with Gasteiger partial charge in [-0.25, -0.2) is 4.98 Å². The van der Waals surface area contributed by atoms with Crippen LogP contribution in [0.3, 0.4) is 0 Å². The average Bonchev–Trinajstić information content (AvgIpc) is 2.90. The van der Waals surface area contributed by atoms with E-state index in [0.29, 0.717) is 16.6 Å². The molecule has 1 aromatic carbocycles. The Kier molecular flexibility index (Phi) is 3.50. The Bertz CT molecular complexity index is 733. The summed E-state index contributed by atoms with van der Waals surface area (Å²) in [5.74, 6) is 0. The number of imidazole rings is 1. The van der Waals surface area contributed by atoms with Gasteiger partial charge < -0.3 is 5.73 Å². The van der Waals surface area contributed by atoms with Gasteiger partial charge in [-0.1, -0.05) is 23.2 Å². The van der Waals surface area contributed by atoms with Gasteiger partial charge in [0, 0.05) is 28.6 Å². The summed E-state index contributed by atoms with van der Waals surface area (Å²) in [5, 5.41) is 3.32. The van der Waals surface area contributed by atoms with Gasteiger partial charge >= 0.3 is 0 Å². The van der Waals surface area contributed by atoms with Gasteiger partial charge in [0.15, 0.2) is 4.96 Å². The number of thiazole rings is 1. The number of benzene rings is 1. The van der Waals surface area contributed by atoms with Crippen molar-refractivity contribution in [3.8, 4) is 11.3 Å². The molecule has 3 rings (SSSR count). The van der Waals surface area contributed by atoms with Crippen LogP contribution in [0.1, 0.15) is 5.69 Å². The van der Waals surface area contributed by atoms with Crippen LogP contribution in [0, 0.1) is 0 Å². The number of aromatic nitrogens is 2. The minimum absolute atomic E-state index is 0.599. The van der Waals surface area contributed by atoms with Crippen molar-refractivity contribution in [1.29, 1.82) is 0 Å². The first-order chi connectivity index (χ1) is 9.19. The van der Waals surface area contributed by atoms with Crippen LogP contribution in [0.4, 0.5) is 0 Å². The van der Waals surface area contributed by atoms with Gasteiger partial charge in [0.1, 0.15) is 0 Å². The summed E-state index contributed by atoms with van der Waals surface area (Å²) < 4.78 is 2.05. The molecule has 19 heavy (non-hydrogen) atoms. The zero-order valence-corrected chi connectivity index (χ0v) is 12.3. The van der Waals surface area contributed by atoms with E-state index >= 15 is 0 Å². The van der Waals surface area contributed by atoms with Gasteiger partial charge in [0.05, 0.1) is 16.4 Å². The maximum atomic E-state index is 6.26. The lowest BCUT2D eigenvalue weighted by Gasteiger charge is -2.03. The fourth-order valence-corrected chi connectivity index (χ4v) is 3.39. The van der Waals surface area contributed by atoms with Crippen molar-refractivity contribution < 1.29 is 0 Å². The molecule has 0 aliphatic heterocycles. The molecule has 0 aliphatic rings. The molecule has 3 nitrogen and oxygen atoms in total. The van der Waals surface area contributed by atoms with Crippen molar-refractivity contribution >= 4 is 39.5 Å². The topological polar surface area (TPSA) is 43.3 Å². The fraction of sp³-hybridized carbons (Fsp3) is 0.154. The zero-order chi connectivity index (χ0) is 13.4. The molecular formula is C13H11Cl2N3S. The first kappa shape index (κ1) is 12.9. The van der Waals surface area contributed by atoms with Crippen LogP contribution in [0.5, 0.6) is 0 Å². The van der Waals surface area contributed by atoms with Gasteiger partial charge in [-0.3, -0.25) is 4.40 Å². The number of fused-ring (bicyclic) bond motifs is 1. The summed E-state index contributed by atoms with van der Waals surface area (Å²) in [6.45, 7) is 0.599. The summed E-state index contributed by atoms with van der Waals surface area (Å²) in [6.07, 6.45) is 2.79. The summed E-state index contributed by atoms with van der Waals surface area (Å²) in [5.41, 5.74) is 8.54. The highest BCUT2D eigenvalue weighted by molar-refractivity contribution is 7.15. The number of nitrogens with two attached hydrogens (primary N) is 1. The monoisotopic (exact) mass is 311 g/mol. The van der Waals surface area contributed by atoms with Crippen LogP contribution in [0.25, 0.3) is 16.2 Å². The third-order valence-corrected chi connectivity index (χ3v) is 4.25. The first-order valence-electron chi connectivity index (χ1n) is 5.80. The molecule has 0 saturated carbocycles. The standard InChI is InChI=1S/C13H11Cl2N3S/c14-8-1-2-10(11(15)5-8)12-7-19-13-17-9(3-4-16)6-18(12)13/h1-2,5-7H,3-4,16H2. The predicted octanol–water partition coefficient (Wildman–Crippen LogP) is 3.87. The fourth-order valence-electron chi connectivity index (χ4n) is 1.99. The lowest BCUT2D eigenvalue weighted by Crippen LogP contribution is -2.02. The van der Waals surface area contributed by atoms with Gasteiger partial charge in [-0.05, 0) is 24.7 Å². The summed E-state index contributed by atoms with van der Waals surface area (Å²) in [7, 11) is 0. The summed E-state index contributed by atoms with van der Waals surface area (Å²) in [6, 6.07) is 5.51. The molecule has 0 unspecified atom stereocenters. The molecule has 0 spiro atoms. The molecule has 0 radical (unpaired) electrons. The van der Waals surface area contributed by atoms with Crippen LogP contribution >= 0.6 is 34.5 Å². The molecule has 0 bridgehead atoms. The zero-order valence-electron chi connectivity index (χ0n) is 9.94. The SMILES string of the molecule is NCCc1cn2c(-c3ccc(Cl)cc3Cl)csc2n1. The Morgan fingerprint density at radius 2 is 2.16 bits per heavy atom. The van der Waals surface area contributed by atoms with Crippen LogP contribution < -0.4 is 5.73 Å². The molecule has 3 aromatic rings. The summed E-state index contributed by atoms with van der Waals surface area (Å²) in [4.78, 5) is 5.48. The van der Waals surface area contributed by atoms with E-state index in [9.17, 15) is 0 Å². The normalized spacial score (nSPS) is 11.3. The second-order valence-corrected chi connectivity index (χ2v) is 5.85. The molecule has 0 aliphatic carbocycles. The third-order valence-electron chi connectivity index (χ3n) is 2.87. The van der Waals surface area contributed by atoms with E-state index in [4.69, 9.17) is 28.9 Å². The predicted molar refractivity (Wildman–Crippen MR) is 81.3 cm³/mol. The molecule has 6 heteroatoms. The summed E-state index contributed by atoms with van der Waals surface area (Å²) >= 11 is 13.8. The minimum atomic E-state index is 0.599. The van der Waals surface area contributed by atoms with Crippen molar-refractivity contribution in [3.63, 3.8) is 0 Å². The quantitative estimate of drug-likeness (QED) is 0.798. The number of rotatable bonds is 3. The highest BCUT2D eigenvalue weighted by Gasteiger charge is 2.12. The molecule has 0 atom stereocenters. The number of hydrogen-bond donors (Lipinski definition) is 1. The lowest BCUT2D eigenvalue weighted by molar-refractivity contribution is 0.937. The van der Waals surface area contributed by atoms with Crippen molar-refractivity contribution in [3.05, 3.63) is 45.5 Å². The highest BCUT2D eigenvalue weighted by atomic mass is 35.5. The van der Waals surface area contributed by atoms with Gasteiger partial charge in [-0.2, -0.15) is 0 Å². The van der Waals surface area contributed by atoms with Crippen LogP contribution in [0.2, 0.25) is 10.0 Å². The Morgan fingerprint density at radius 3 is 2.89 bits per heavy atom. The van der Waals surface area contributed by atoms with E-state index in [1.807, 2.05) is 28.1 Å². The van der Waals surface area contributed by atoms with E-state index in [0.717, 1.165) is 28.3 Å². The molecule has 2 N–H and O–H groups in total. The van der Waals surface area contributed by atoms with E-state index < -0.39 is 0 Å². The Morgan fingerprint density at radius 1 is 1.32 bits per heavy atom. The van der Waals surface area contributed by atoms with Gasteiger partial charge in [0.25, 0.3) is 0 Å². The lowest BCUT2D eigenvalue weighted by atomic mass is 10.2. The van der Waals surface area contributed by atoms with Crippen molar-refractivity contribution in [1.82, 2.24) is 9.38 Å². The minimum Gasteiger partial charge on any atom is -0.330 e.